The molecule has 0 spiro atoms. The maximum Gasteiger partial charge on any atom is 0.250 e. The summed E-state index contributed by atoms with van der Waals surface area (Å²) >= 11 is 0. The van der Waals surface area contributed by atoms with Crippen LogP contribution in [-0.2, 0) is 19.4 Å². The summed E-state index contributed by atoms with van der Waals surface area (Å²) in [6.45, 7) is 11.5. The quantitative estimate of drug-likeness (QED) is 0.621. The molecule has 2 aromatic carbocycles. The predicted octanol–water partition coefficient (Wildman–Crippen LogP) is 5.84. The first-order valence-corrected chi connectivity index (χ1v) is 13.1. The zero-order chi connectivity index (χ0) is 20.5. The fourth-order valence-electron chi connectivity index (χ4n) is 3.81. The molecule has 0 aliphatic heterocycles. The van der Waals surface area contributed by atoms with Crippen LogP contribution in [-0.4, -0.2) is 20.5 Å². The molecule has 0 amide bonds. The Morgan fingerprint density at radius 3 is 2.46 bits per heavy atom. The lowest BCUT2D eigenvalue weighted by molar-refractivity contribution is 0.281. The second-order valence-electron chi connectivity index (χ2n) is 9.48. The number of methoxy groups -OCH3 is 1. The van der Waals surface area contributed by atoms with E-state index in [2.05, 4.69) is 64.2 Å². The Morgan fingerprint density at radius 2 is 1.82 bits per heavy atom. The van der Waals surface area contributed by atoms with Gasteiger partial charge >= 0.3 is 0 Å². The molecule has 4 heteroatoms. The van der Waals surface area contributed by atoms with Gasteiger partial charge < -0.3 is 14.3 Å². The Balaban J connectivity index is 1.92. The van der Waals surface area contributed by atoms with Crippen LogP contribution in [0.15, 0.2) is 36.4 Å². The monoisotopic (exact) mass is 398 g/mol. The van der Waals surface area contributed by atoms with E-state index in [4.69, 9.17) is 9.16 Å². The van der Waals surface area contributed by atoms with Crippen LogP contribution in [0.3, 0.4) is 0 Å². The summed E-state index contributed by atoms with van der Waals surface area (Å²) in [6, 6.07) is 12.6. The van der Waals surface area contributed by atoms with Gasteiger partial charge in [-0.05, 0) is 83.8 Å². The Morgan fingerprint density at radius 1 is 1.11 bits per heavy atom. The molecule has 152 valence electrons. The Bertz CT molecular complexity index is 814. The topological polar surface area (TPSA) is 38.7 Å². The van der Waals surface area contributed by atoms with Crippen molar-refractivity contribution in [2.75, 3.05) is 7.11 Å². The first-order chi connectivity index (χ1) is 13.1. The number of benzene rings is 2. The van der Waals surface area contributed by atoms with Crippen molar-refractivity contribution in [2.24, 2.45) is 0 Å². The van der Waals surface area contributed by atoms with E-state index in [-0.39, 0.29) is 11.6 Å². The molecule has 0 bridgehead atoms. The minimum atomic E-state index is -1.89. The number of hydrogen-bond donors (Lipinski definition) is 1. The highest BCUT2D eigenvalue weighted by Gasteiger charge is 2.40. The van der Waals surface area contributed by atoms with Crippen molar-refractivity contribution >= 4 is 8.32 Å². The Kier molecular flexibility index (Phi) is 5.92. The second kappa shape index (κ2) is 7.92. The van der Waals surface area contributed by atoms with Crippen molar-refractivity contribution in [3.63, 3.8) is 0 Å². The lowest BCUT2D eigenvalue weighted by atomic mass is 9.92. The lowest BCUT2D eigenvalue weighted by Gasteiger charge is -2.37. The summed E-state index contributed by atoms with van der Waals surface area (Å²) in [6.07, 6.45) is 3.18. The molecule has 2 aromatic rings. The first-order valence-electron chi connectivity index (χ1n) is 10.2. The van der Waals surface area contributed by atoms with Crippen molar-refractivity contribution in [1.29, 1.82) is 0 Å². The van der Waals surface area contributed by atoms with Crippen molar-refractivity contribution in [2.45, 2.75) is 70.7 Å². The second-order valence-corrected chi connectivity index (χ2v) is 14.2. The third-order valence-corrected chi connectivity index (χ3v) is 10.8. The Labute approximate surface area is 170 Å². The maximum atomic E-state index is 9.58. The van der Waals surface area contributed by atoms with Crippen LogP contribution in [0.2, 0.25) is 18.1 Å². The summed E-state index contributed by atoms with van der Waals surface area (Å²) in [7, 11) is -0.216. The molecule has 1 atom stereocenters. The van der Waals surface area contributed by atoms with Crippen LogP contribution < -0.4 is 9.16 Å². The van der Waals surface area contributed by atoms with Crippen LogP contribution >= 0.6 is 0 Å². The highest BCUT2D eigenvalue weighted by atomic mass is 28.4. The van der Waals surface area contributed by atoms with Gasteiger partial charge in [0.05, 0.1) is 13.7 Å². The molecule has 0 saturated heterocycles. The van der Waals surface area contributed by atoms with Gasteiger partial charge in [-0.2, -0.15) is 0 Å². The van der Waals surface area contributed by atoms with Crippen LogP contribution in [0.25, 0.3) is 0 Å². The minimum Gasteiger partial charge on any atom is -0.543 e. The molecule has 0 fully saturated rings. The lowest BCUT2D eigenvalue weighted by Crippen LogP contribution is -2.44. The number of aryl methyl sites for hydroxylation is 1. The average Bonchev–Trinajstić information content (AvgIpc) is 3.04. The van der Waals surface area contributed by atoms with Crippen LogP contribution in [0.4, 0.5) is 0 Å². The predicted molar refractivity (Wildman–Crippen MR) is 118 cm³/mol. The van der Waals surface area contributed by atoms with Gasteiger partial charge in [0.1, 0.15) is 11.5 Å². The molecule has 0 radical (unpaired) electrons. The van der Waals surface area contributed by atoms with Gasteiger partial charge in [0.15, 0.2) is 0 Å². The van der Waals surface area contributed by atoms with Gasteiger partial charge in [0.25, 0.3) is 0 Å². The molecular formula is C24H34O3Si. The van der Waals surface area contributed by atoms with Crippen molar-refractivity contribution in [3.8, 4) is 11.5 Å². The van der Waals surface area contributed by atoms with Crippen LogP contribution in [0.1, 0.15) is 55.4 Å². The Hall–Kier alpha value is -1.78. The molecule has 1 N–H and O–H groups in total. The molecule has 1 aliphatic rings. The summed E-state index contributed by atoms with van der Waals surface area (Å²) in [4.78, 5) is 0. The molecule has 1 unspecified atom stereocenters. The SMILES string of the molecule is COc1cc(CO)cc(CC2CCc3cccc(O[Si](C)(C)C(C)(C)C)c32)c1. The van der Waals surface area contributed by atoms with E-state index >= 15 is 0 Å². The molecule has 3 nitrogen and oxygen atoms in total. The first kappa shape index (κ1) is 20.9. The number of ether oxygens (including phenoxy) is 1. The standard InChI is InChI=1S/C24H34O3Si/c1-24(2,3)28(5,6)27-22-9-7-8-19-10-11-20(23(19)22)13-17-12-18(16-25)15-21(14-17)26-4/h7-9,12,14-15,20,25H,10-11,13,16H2,1-6H3. The molecule has 3 rings (SSSR count). The highest BCUT2D eigenvalue weighted by molar-refractivity contribution is 6.74. The number of rotatable bonds is 6. The molecular weight excluding hydrogens is 364 g/mol. The van der Waals surface area contributed by atoms with E-state index in [1.807, 2.05) is 6.07 Å². The summed E-state index contributed by atoms with van der Waals surface area (Å²) < 4.78 is 12.2. The minimum absolute atomic E-state index is 0.0329. The zero-order valence-electron chi connectivity index (χ0n) is 18.1. The van der Waals surface area contributed by atoms with Crippen molar-refractivity contribution < 1.29 is 14.3 Å². The number of fused-ring (bicyclic) bond motifs is 1. The van der Waals surface area contributed by atoms with Gasteiger partial charge in [0, 0.05) is 0 Å². The zero-order valence-corrected chi connectivity index (χ0v) is 19.1. The van der Waals surface area contributed by atoms with Gasteiger partial charge in [-0.3, -0.25) is 0 Å². The van der Waals surface area contributed by atoms with E-state index in [1.165, 1.54) is 16.7 Å². The highest BCUT2D eigenvalue weighted by Crippen LogP contribution is 2.45. The molecule has 1 aliphatic carbocycles. The van der Waals surface area contributed by atoms with Gasteiger partial charge in [-0.15, -0.1) is 0 Å². The summed E-state index contributed by atoms with van der Waals surface area (Å²) in [5.74, 6) is 2.33. The van der Waals surface area contributed by atoms with E-state index in [0.717, 1.165) is 36.3 Å². The summed E-state index contributed by atoms with van der Waals surface area (Å²) in [5.41, 5.74) is 4.92. The van der Waals surface area contributed by atoms with E-state index in [0.29, 0.717) is 5.92 Å². The van der Waals surface area contributed by atoms with E-state index in [9.17, 15) is 5.11 Å². The van der Waals surface area contributed by atoms with Crippen LogP contribution in [0.5, 0.6) is 11.5 Å². The van der Waals surface area contributed by atoms with E-state index in [1.54, 1.807) is 7.11 Å². The van der Waals surface area contributed by atoms with Crippen molar-refractivity contribution in [1.82, 2.24) is 0 Å². The molecule has 0 saturated carbocycles. The normalized spacial score (nSPS) is 16.8. The van der Waals surface area contributed by atoms with Gasteiger partial charge in [0.2, 0.25) is 8.32 Å². The third-order valence-electron chi connectivity index (χ3n) is 6.42. The fraction of sp³-hybridized carbons (Fsp3) is 0.500. The van der Waals surface area contributed by atoms with Gasteiger partial charge in [-0.1, -0.05) is 39.0 Å². The molecule has 0 heterocycles. The van der Waals surface area contributed by atoms with E-state index < -0.39 is 8.32 Å². The van der Waals surface area contributed by atoms with Gasteiger partial charge in [-0.25, -0.2) is 0 Å². The third kappa shape index (κ3) is 4.28. The maximum absolute atomic E-state index is 9.58. The fourth-order valence-corrected chi connectivity index (χ4v) is 4.84. The van der Waals surface area contributed by atoms with Crippen molar-refractivity contribution in [3.05, 3.63) is 58.7 Å². The van der Waals surface area contributed by atoms with Crippen LogP contribution in [0, 0.1) is 0 Å². The smallest absolute Gasteiger partial charge is 0.250 e. The molecule has 0 aromatic heterocycles. The average molecular weight is 399 g/mol. The number of aliphatic hydroxyl groups excluding tert-OH is 1. The number of hydrogen-bond acceptors (Lipinski definition) is 3. The number of aliphatic hydroxyl groups is 1. The largest absolute Gasteiger partial charge is 0.543 e. The summed E-state index contributed by atoms with van der Waals surface area (Å²) in [5, 5.41) is 9.75. The molecule has 28 heavy (non-hydrogen) atoms.